The summed E-state index contributed by atoms with van der Waals surface area (Å²) in [4.78, 5) is 0. The van der Waals surface area contributed by atoms with Crippen molar-refractivity contribution in [2.75, 3.05) is 0 Å². The largest absolute Gasteiger partial charge is 0.483 e. The average molecular weight is 586 g/mol. The fourth-order valence-corrected chi connectivity index (χ4v) is 1.33. The van der Waals surface area contributed by atoms with Gasteiger partial charge < -0.3 is 0 Å². The van der Waals surface area contributed by atoms with E-state index in [0.29, 0.717) is 0 Å². The lowest BCUT2D eigenvalue weighted by Gasteiger charge is -2.41. The zero-order valence-electron chi connectivity index (χ0n) is 14.5. The smallest absolute Gasteiger partial charge is 0.263 e. The Morgan fingerprint density at radius 3 is 0.657 bits per heavy atom. The molecule has 25 heteroatoms. The number of alkyl halides is 22. The van der Waals surface area contributed by atoms with Crippen molar-refractivity contribution in [3.05, 3.63) is 0 Å². The van der Waals surface area contributed by atoms with Crippen LogP contribution in [0.3, 0.4) is 0 Å². The third kappa shape index (κ3) is 6.02. The molecule has 0 saturated heterocycles. The first-order valence-corrected chi connectivity index (χ1v) is 6.88. The molecular weight excluding hydrogens is 586 g/mol. The molecule has 3 nitrogen and oxygen atoms in total. The first kappa shape index (κ1) is 33.3. The van der Waals surface area contributed by atoms with Gasteiger partial charge in [-0.3, -0.25) is 9.47 Å². The summed E-state index contributed by atoms with van der Waals surface area (Å²) in [5.74, 6) is -16.8. The highest BCUT2D eigenvalue weighted by molar-refractivity contribution is 4.95. The summed E-state index contributed by atoms with van der Waals surface area (Å²) in [6.45, 7) is 0. The third-order valence-electron chi connectivity index (χ3n) is 2.93. The van der Waals surface area contributed by atoms with Crippen LogP contribution in [-0.4, -0.2) is 60.8 Å². The summed E-state index contributed by atoms with van der Waals surface area (Å²) < 4.78 is 280. The van der Waals surface area contributed by atoms with Crippen molar-refractivity contribution in [2.45, 2.75) is 60.8 Å². The minimum absolute atomic E-state index is 1.04. The van der Waals surface area contributed by atoms with Crippen LogP contribution >= 0.6 is 0 Å². The molecule has 0 radical (unpaired) electrons. The Balaban J connectivity index is 6.91. The highest BCUT2D eigenvalue weighted by Gasteiger charge is 2.87. The molecule has 0 N–H and O–H groups in total. The van der Waals surface area contributed by atoms with Crippen molar-refractivity contribution >= 4 is 0 Å². The molecule has 0 bridgehead atoms. The van der Waals surface area contributed by atoms with E-state index in [4.69, 9.17) is 0 Å². The number of hydrogen-bond donors (Lipinski definition) is 0. The molecule has 0 aromatic rings. The minimum Gasteiger partial charge on any atom is -0.263 e. The predicted molar refractivity (Wildman–Crippen MR) is 54.9 cm³/mol. The molecule has 0 spiro atoms. The van der Waals surface area contributed by atoms with Gasteiger partial charge in [-0.25, -0.2) is 4.74 Å². The van der Waals surface area contributed by atoms with Gasteiger partial charge in [0.05, 0.1) is 0 Å². The zero-order valence-corrected chi connectivity index (χ0v) is 14.5. The van der Waals surface area contributed by atoms with Crippen molar-refractivity contribution in [1.82, 2.24) is 0 Å². The molecule has 2 atom stereocenters. The minimum atomic E-state index is -8.51. The Kier molecular flexibility index (Phi) is 8.04. The Morgan fingerprint density at radius 1 is 0.229 bits per heavy atom. The third-order valence-corrected chi connectivity index (χ3v) is 2.93. The summed E-state index contributed by atoms with van der Waals surface area (Å²) in [5, 5.41) is 0. The Hall–Kier alpha value is -1.66. The average Bonchev–Trinajstić information content (AvgIpc) is 2.47. The van der Waals surface area contributed by atoms with Gasteiger partial charge in [-0.05, 0) is 0 Å². The van der Waals surface area contributed by atoms with Crippen molar-refractivity contribution in [2.24, 2.45) is 0 Å². The first-order chi connectivity index (χ1) is 14.6. The molecule has 0 heterocycles. The Bertz CT molecular complexity index is 743. The summed E-state index contributed by atoms with van der Waals surface area (Å²) >= 11 is 0. The van der Waals surface area contributed by atoms with Gasteiger partial charge in [0.15, 0.2) is 0 Å². The maximum atomic E-state index is 13.7. The van der Waals surface area contributed by atoms with Crippen LogP contribution in [0.5, 0.6) is 0 Å². The Morgan fingerprint density at radius 2 is 0.429 bits per heavy atom. The Labute approximate surface area is 173 Å². The monoisotopic (exact) mass is 586 g/mol. The summed E-state index contributed by atoms with van der Waals surface area (Å²) in [5.41, 5.74) is 0. The van der Waals surface area contributed by atoms with Crippen LogP contribution in [0.2, 0.25) is 0 Å². The topological polar surface area (TPSA) is 27.7 Å². The van der Waals surface area contributed by atoms with Crippen LogP contribution < -0.4 is 0 Å². The van der Waals surface area contributed by atoms with Gasteiger partial charge in [-0.1, -0.05) is 0 Å². The highest BCUT2D eigenvalue weighted by atomic mass is 19.4. The maximum absolute atomic E-state index is 13.7. The second-order valence-electron chi connectivity index (χ2n) is 5.55. The number of hydrogen-bond acceptors (Lipinski definition) is 3. The van der Waals surface area contributed by atoms with Crippen LogP contribution in [0.1, 0.15) is 0 Å². The van der Waals surface area contributed by atoms with Gasteiger partial charge in [0.1, 0.15) is 0 Å². The quantitative estimate of drug-likeness (QED) is 0.288. The van der Waals surface area contributed by atoms with Crippen molar-refractivity contribution in [3.8, 4) is 0 Å². The van der Waals surface area contributed by atoms with Crippen molar-refractivity contribution in [3.63, 3.8) is 0 Å². The van der Waals surface area contributed by atoms with Gasteiger partial charge in [-0.15, -0.1) is 0 Å². The molecule has 0 aliphatic carbocycles. The van der Waals surface area contributed by atoms with E-state index in [2.05, 4.69) is 0 Å². The number of rotatable bonds is 8. The fourth-order valence-electron chi connectivity index (χ4n) is 1.33. The van der Waals surface area contributed by atoms with E-state index >= 15 is 0 Å². The summed E-state index contributed by atoms with van der Waals surface area (Å²) in [6, 6.07) is 0. The molecule has 35 heavy (non-hydrogen) atoms. The lowest BCUT2D eigenvalue weighted by molar-refractivity contribution is -0.583. The van der Waals surface area contributed by atoms with E-state index < -0.39 is 60.8 Å². The molecule has 0 rings (SSSR count). The molecule has 0 saturated carbocycles. The highest BCUT2D eigenvalue weighted by Crippen LogP contribution is 2.58. The van der Waals surface area contributed by atoms with E-state index in [1.165, 1.54) is 0 Å². The van der Waals surface area contributed by atoms with E-state index in [1.54, 1.807) is 0 Å². The summed E-state index contributed by atoms with van der Waals surface area (Å²) in [6.07, 6.45) is -63.9. The fraction of sp³-hybridized carbons (Fsp3) is 1.00. The molecule has 0 aromatic heterocycles. The molecule has 0 aliphatic rings. The van der Waals surface area contributed by atoms with Crippen molar-refractivity contribution in [1.29, 1.82) is 0 Å². The first-order valence-electron chi connectivity index (χ1n) is 6.88. The zero-order chi connectivity index (χ0) is 29.1. The molecule has 0 amide bonds. The lowest BCUT2D eigenvalue weighted by Crippen LogP contribution is -2.69. The summed E-state index contributed by atoms with van der Waals surface area (Å²) in [7, 11) is 0. The van der Waals surface area contributed by atoms with Crippen LogP contribution in [-0.2, 0) is 14.2 Å². The van der Waals surface area contributed by atoms with Crippen molar-refractivity contribution < 1.29 is 111 Å². The molecule has 0 aromatic carbocycles. The predicted octanol–water partition coefficient (Wildman–Crippen LogP) is 6.99. The second-order valence-corrected chi connectivity index (χ2v) is 5.55. The molecule has 0 fully saturated rings. The van der Waals surface area contributed by atoms with Crippen LogP contribution in [0, 0.1) is 0 Å². The van der Waals surface area contributed by atoms with Gasteiger partial charge in [0, 0.05) is 0 Å². The van der Waals surface area contributed by atoms with Gasteiger partial charge >= 0.3 is 60.8 Å². The molecule has 0 aliphatic heterocycles. The number of ether oxygens (including phenoxy) is 3. The van der Waals surface area contributed by atoms with Gasteiger partial charge in [-0.2, -0.15) is 96.6 Å². The van der Waals surface area contributed by atoms with Gasteiger partial charge in [0.2, 0.25) is 0 Å². The van der Waals surface area contributed by atoms with E-state index in [0.717, 1.165) is 14.2 Å². The maximum Gasteiger partial charge on any atom is 0.483 e. The van der Waals surface area contributed by atoms with Crippen LogP contribution in [0.4, 0.5) is 96.6 Å². The molecular formula is C10F22O3. The standard InChI is InChI=1S/C10F22O3/c11-1(3(13,14)15,34-9(29,30)5(19,20)21)7(25,26)33-2(12,4(16,17)18)8(27,28)35-10(31,32)6(22,23)24. The van der Waals surface area contributed by atoms with E-state index in [-0.39, 0.29) is 0 Å². The van der Waals surface area contributed by atoms with E-state index in [9.17, 15) is 96.6 Å². The number of halogens is 22. The molecule has 212 valence electrons. The normalized spacial score (nSPS) is 19.4. The van der Waals surface area contributed by atoms with Crippen LogP contribution in [0.15, 0.2) is 0 Å². The molecule has 2 unspecified atom stereocenters. The SMILES string of the molecule is FC(F)(F)C(F)(F)OC(F)(F)C(F)(OC(F)(F)C(F)(OC(F)(F)C(F)(F)F)C(F)(F)F)C(F)(F)F. The second kappa shape index (κ2) is 8.44. The van der Waals surface area contributed by atoms with Gasteiger partial charge in [0.25, 0.3) is 0 Å². The van der Waals surface area contributed by atoms with E-state index in [1.807, 2.05) is 0 Å². The van der Waals surface area contributed by atoms with Crippen LogP contribution in [0.25, 0.3) is 0 Å². The lowest BCUT2D eigenvalue weighted by atomic mass is 10.2.